The molecule has 4 nitrogen and oxygen atoms in total. The van der Waals surface area contributed by atoms with E-state index in [0.717, 1.165) is 10.0 Å². The molecule has 3 N–H and O–H groups in total. The smallest absolute Gasteiger partial charge is 0.256 e. The quantitative estimate of drug-likeness (QED) is 0.648. The lowest BCUT2D eigenvalue weighted by Gasteiger charge is -2.09. The maximum atomic E-state index is 12.2. The minimum Gasteiger partial charge on any atom is -0.399 e. The number of nitrogens with one attached hydrogen (secondary N) is 1. The highest BCUT2D eigenvalue weighted by molar-refractivity contribution is 9.10. The van der Waals surface area contributed by atoms with Crippen LogP contribution in [-0.2, 0) is 0 Å². The van der Waals surface area contributed by atoms with Crippen LogP contribution in [0, 0.1) is 6.92 Å². The molecule has 1 aromatic heterocycles. The van der Waals surface area contributed by atoms with E-state index in [1.807, 2.05) is 6.92 Å². The van der Waals surface area contributed by atoms with Gasteiger partial charge in [0.15, 0.2) is 5.15 Å². The van der Waals surface area contributed by atoms with Gasteiger partial charge in [0, 0.05) is 21.9 Å². The second kappa shape index (κ2) is 5.59. The largest absolute Gasteiger partial charge is 0.399 e. The minimum atomic E-state index is -0.272. The third kappa shape index (κ3) is 3.24. The lowest BCUT2D eigenvalue weighted by atomic mass is 10.1. The summed E-state index contributed by atoms with van der Waals surface area (Å²) in [5.74, 6) is -0.272. The zero-order valence-electron chi connectivity index (χ0n) is 10.1. The predicted octanol–water partition coefficient (Wildman–Crippen LogP) is 3.64. The standard InChI is InChI=1S/C13H11BrClN3O/c1-7-2-3-9(16)5-10(7)13(19)18-11-4-8(14)6-17-12(11)15/h2-6H,16H2,1H3,(H,18,19). The van der Waals surface area contributed by atoms with Crippen molar-refractivity contribution in [2.45, 2.75) is 6.92 Å². The molecule has 2 rings (SSSR count). The number of amides is 1. The number of anilines is 2. The highest BCUT2D eigenvalue weighted by Gasteiger charge is 2.12. The Balaban J connectivity index is 2.30. The maximum Gasteiger partial charge on any atom is 0.256 e. The van der Waals surface area contributed by atoms with E-state index in [9.17, 15) is 4.79 Å². The molecule has 1 amide bonds. The van der Waals surface area contributed by atoms with E-state index in [1.165, 1.54) is 0 Å². The van der Waals surface area contributed by atoms with Gasteiger partial charge in [-0.15, -0.1) is 0 Å². The van der Waals surface area contributed by atoms with Gasteiger partial charge in [0.25, 0.3) is 5.91 Å². The topological polar surface area (TPSA) is 68.0 Å². The molecule has 0 saturated carbocycles. The van der Waals surface area contributed by atoms with E-state index in [-0.39, 0.29) is 11.1 Å². The highest BCUT2D eigenvalue weighted by Crippen LogP contribution is 2.24. The molecule has 0 bridgehead atoms. The van der Waals surface area contributed by atoms with E-state index in [1.54, 1.807) is 30.5 Å². The van der Waals surface area contributed by atoms with Gasteiger partial charge < -0.3 is 11.1 Å². The fraction of sp³-hybridized carbons (Fsp3) is 0.0769. The zero-order valence-corrected chi connectivity index (χ0v) is 12.4. The molecule has 0 aliphatic heterocycles. The summed E-state index contributed by atoms with van der Waals surface area (Å²) in [5.41, 5.74) is 8.02. The number of nitrogen functional groups attached to an aromatic ring is 1. The number of aromatic nitrogens is 1. The predicted molar refractivity (Wildman–Crippen MR) is 80.5 cm³/mol. The van der Waals surface area contributed by atoms with Crippen LogP contribution in [0.5, 0.6) is 0 Å². The molecular formula is C13H11BrClN3O. The number of nitrogens with zero attached hydrogens (tertiary/aromatic N) is 1. The van der Waals surface area contributed by atoms with Crippen molar-refractivity contribution in [2.24, 2.45) is 0 Å². The summed E-state index contributed by atoms with van der Waals surface area (Å²) in [5, 5.41) is 2.95. The van der Waals surface area contributed by atoms with Gasteiger partial charge in [0.2, 0.25) is 0 Å². The van der Waals surface area contributed by atoms with Crippen molar-refractivity contribution >= 4 is 44.8 Å². The van der Waals surface area contributed by atoms with Crippen LogP contribution in [-0.4, -0.2) is 10.9 Å². The van der Waals surface area contributed by atoms with Crippen molar-refractivity contribution in [1.82, 2.24) is 4.98 Å². The van der Waals surface area contributed by atoms with Crippen LogP contribution in [0.25, 0.3) is 0 Å². The number of nitrogens with two attached hydrogens (primary N) is 1. The molecule has 0 saturated heterocycles. The van der Waals surface area contributed by atoms with Crippen LogP contribution in [0.4, 0.5) is 11.4 Å². The van der Waals surface area contributed by atoms with Gasteiger partial charge in [0.05, 0.1) is 5.69 Å². The first-order valence-corrected chi connectivity index (χ1v) is 6.63. The first-order chi connectivity index (χ1) is 8.97. The second-order valence-corrected chi connectivity index (χ2v) is 5.29. The van der Waals surface area contributed by atoms with Crippen molar-refractivity contribution in [3.63, 3.8) is 0 Å². The lowest BCUT2D eigenvalue weighted by molar-refractivity contribution is 0.102. The third-order valence-electron chi connectivity index (χ3n) is 2.56. The summed E-state index contributed by atoms with van der Waals surface area (Å²) < 4.78 is 0.733. The van der Waals surface area contributed by atoms with E-state index < -0.39 is 0 Å². The summed E-state index contributed by atoms with van der Waals surface area (Å²) in [6, 6.07) is 6.86. The van der Waals surface area contributed by atoms with E-state index in [4.69, 9.17) is 17.3 Å². The molecule has 0 aliphatic rings. The molecular weight excluding hydrogens is 330 g/mol. The molecule has 1 heterocycles. The van der Waals surface area contributed by atoms with Crippen molar-refractivity contribution < 1.29 is 4.79 Å². The van der Waals surface area contributed by atoms with Crippen LogP contribution >= 0.6 is 27.5 Å². The normalized spacial score (nSPS) is 10.3. The van der Waals surface area contributed by atoms with Gasteiger partial charge in [-0.2, -0.15) is 0 Å². The molecule has 0 radical (unpaired) electrons. The van der Waals surface area contributed by atoms with Gasteiger partial charge in [-0.05, 0) is 46.6 Å². The average molecular weight is 341 g/mol. The molecule has 0 atom stereocenters. The van der Waals surface area contributed by atoms with Gasteiger partial charge in [-0.3, -0.25) is 4.79 Å². The lowest BCUT2D eigenvalue weighted by Crippen LogP contribution is -2.14. The van der Waals surface area contributed by atoms with Crippen LogP contribution in [0.2, 0.25) is 5.15 Å². The highest BCUT2D eigenvalue weighted by atomic mass is 79.9. The van der Waals surface area contributed by atoms with Gasteiger partial charge >= 0.3 is 0 Å². The van der Waals surface area contributed by atoms with Crippen LogP contribution in [0.3, 0.4) is 0 Å². The van der Waals surface area contributed by atoms with Crippen LogP contribution in [0.1, 0.15) is 15.9 Å². The number of hydrogen-bond donors (Lipinski definition) is 2. The fourth-order valence-electron chi connectivity index (χ4n) is 1.58. The Morgan fingerprint density at radius 1 is 1.42 bits per heavy atom. The van der Waals surface area contributed by atoms with E-state index in [2.05, 4.69) is 26.2 Å². The first-order valence-electron chi connectivity index (χ1n) is 5.46. The molecule has 1 aromatic carbocycles. The van der Waals surface area contributed by atoms with Gasteiger partial charge in [-0.1, -0.05) is 17.7 Å². The molecule has 98 valence electrons. The number of pyridine rings is 1. The van der Waals surface area contributed by atoms with Gasteiger partial charge in [0.1, 0.15) is 0 Å². The molecule has 0 aliphatic carbocycles. The van der Waals surface area contributed by atoms with Crippen LogP contribution in [0.15, 0.2) is 34.9 Å². The number of carbonyl (C=O) groups is 1. The van der Waals surface area contributed by atoms with Crippen LogP contribution < -0.4 is 11.1 Å². The summed E-state index contributed by atoms with van der Waals surface area (Å²) in [7, 11) is 0. The number of rotatable bonds is 2. The van der Waals surface area contributed by atoms with Crippen molar-refractivity contribution in [3.05, 3.63) is 51.2 Å². The molecule has 0 spiro atoms. The second-order valence-electron chi connectivity index (χ2n) is 4.02. The third-order valence-corrected chi connectivity index (χ3v) is 3.30. The van der Waals surface area contributed by atoms with E-state index >= 15 is 0 Å². The van der Waals surface area contributed by atoms with Crippen molar-refractivity contribution in [2.75, 3.05) is 11.1 Å². The molecule has 0 unspecified atom stereocenters. The monoisotopic (exact) mass is 339 g/mol. The Labute approximate surface area is 124 Å². The Kier molecular flexibility index (Phi) is 4.07. The Hall–Kier alpha value is -1.59. The Morgan fingerprint density at radius 2 is 2.16 bits per heavy atom. The SMILES string of the molecule is Cc1ccc(N)cc1C(=O)Nc1cc(Br)cnc1Cl. The average Bonchev–Trinajstić information content (AvgIpc) is 2.36. The minimum absolute atomic E-state index is 0.234. The summed E-state index contributed by atoms with van der Waals surface area (Å²) in [6.07, 6.45) is 1.56. The summed E-state index contributed by atoms with van der Waals surface area (Å²) in [4.78, 5) is 16.1. The number of hydrogen-bond acceptors (Lipinski definition) is 3. The van der Waals surface area contributed by atoms with Crippen molar-refractivity contribution in [1.29, 1.82) is 0 Å². The number of benzene rings is 1. The van der Waals surface area contributed by atoms with E-state index in [0.29, 0.717) is 16.9 Å². The molecule has 6 heteroatoms. The fourth-order valence-corrected chi connectivity index (χ4v) is 2.07. The summed E-state index contributed by atoms with van der Waals surface area (Å²) in [6.45, 7) is 1.84. The molecule has 2 aromatic rings. The number of halogens is 2. The Bertz CT molecular complexity index is 646. The molecule has 0 fully saturated rings. The Morgan fingerprint density at radius 3 is 2.89 bits per heavy atom. The summed E-state index contributed by atoms with van der Waals surface area (Å²) >= 11 is 9.20. The maximum absolute atomic E-state index is 12.2. The van der Waals surface area contributed by atoms with Crippen molar-refractivity contribution in [3.8, 4) is 0 Å². The van der Waals surface area contributed by atoms with Gasteiger partial charge in [-0.25, -0.2) is 4.98 Å². The number of aryl methyl sites for hydroxylation is 1. The zero-order chi connectivity index (χ0) is 14.0. The molecule has 19 heavy (non-hydrogen) atoms. The first kappa shape index (κ1) is 13.8. The number of carbonyl (C=O) groups excluding carboxylic acids is 1.